The van der Waals surface area contributed by atoms with Gasteiger partial charge in [-0.25, -0.2) is 0 Å². The van der Waals surface area contributed by atoms with E-state index in [-0.39, 0.29) is 15.8 Å². The summed E-state index contributed by atoms with van der Waals surface area (Å²) in [7, 11) is 3.46. The highest BCUT2D eigenvalue weighted by Crippen LogP contribution is 2.51. The molecule has 138 valence electrons. The van der Waals surface area contributed by atoms with E-state index in [0.29, 0.717) is 0 Å². The molecule has 2 aromatic rings. The lowest BCUT2D eigenvalue weighted by Gasteiger charge is -2.24. The van der Waals surface area contributed by atoms with Crippen molar-refractivity contribution in [3.63, 3.8) is 0 Å². The molecule has 2 aliphatic rings. The lowest BCUT2D eigenvalue weighted by Crippen LogP contribution is -2.15. The molecule has 2 nitrogen and oxygen atoms in total. The van der Waals surface area contributed by atoms with Crippen LogP contribution < -0.4 is 20.1 Å². The third-order valence-corrected chi connectivity index (χ3v) is 11.1. The Bertz CT molecular complexity index is 697. The molecule has 4 heteroatoms. The van der Waals surface area contributed by atoms with Crippen LogP contribution in [0.1, 0.15) is 25.7 Å². The SMILES string of the molecule is COc1cccc(P2CCCC2)c1-c1c(OC)cccc1P1CCCC1. The van der Waals surface area contributed by atoms with E-state index in [2.05, 4.69) is 36.4 Å². The largest absolute Gasteiger partial charge is 0.496 e. The van der Waals surface area contributed by atoms with Gasteiger partial charge in [-0.1, -0.05) is 40.1 Å². The van der Waals surface area contributed by atoms with Crippen molar-refractivity contribution in [2.45, 2.75) is 25.7 Å². The number of methoxy groups -OCH3 is 2. The van der Waals surface area contributed by atoms with Crippen LogP contribution in [-0.2, 0) is 0 Å². The monoisotopic (exact) mass is 386 g/mol. The van der Waals surface area contributed by atoms with E-state index in [0.717, 1.165) is 11.5 Å². The average Bonchev–Trinajstić information content (AvgIpc) is 3.40. The second kappa shape index (κ2) is 8.28. The Hall–Kier alpha value is -1.10. The first-order valence-electron chi connectivity index (χ1n) is 9.67. The smallest absolute Gasteiger partial charge is 0.127 e. The van der Waals surface area contributed by atoms with Crippen LogP contribution in [0.15, 0.2) is 36.4 Å². The van der Waals surface area contributed by atoms with Crippen molar-refractivity contribution in [2.75, 3.05) is 38.9 Å². The van der Waals surface area contributed by atoms with Crippen molar-refractivity contribution in [3.8, 4) is 22.6 Å². The van der Waals surface area contributed by atoms with Gasteiger partial charge in [-0.15, -0.1) is 0 Å². The third-order valence-electron chi connectivity index (χ3n) is 5.59. The highest BCUT2D eigenvalue weighted by molar-refractivity contribution is 7.67. The standard InChI is InChI=1S/C22H28O2P2/c1-23-17-9-7-11-19(25-13-3-4-14-25)21(17)22-18(24-2)10-8-12-20(22)26-15-5-6-16-26/h7-12H,3-6,13-16H2,1-2H3. The van der Waals surface area contributed by atoms with Crippen molar-refractivity contribution in [1.82, 2.24) is 0 Å². The molecule has 26 heavy (non-hydrogen) atoms. The minimum Gasteiger partial charge on any atom is -0.496 e. The average molecular weight is 386 g/mol. The normalized spacial score (nSPS) is 18.4. The molecule has 0 spiro atoms. The molecule has 0 N–H and O–H groups in total. The summed E-state index contributed by atoms with van der Waals surface area (Å²) in [6.07, 6.45) is 10.9. The summed E-state index contributed by atoms with van der Waals surface area (Å²) in [6.45, 7) is 0. The Balaban J connectivity index is 1.94. The van der Waals surface area contributed by atoms with Gasteiger partial charge in [-0.2, -0.15) is 0 Å². The fourth-order valence-electron chi connectivity index (χ4n) is 4.32. The van der Waals surface area contributed by atoms with Gasteiger partial charge >= 0.3 is 0 Å². The number of hydrogen-bond acceptors (Lipinski definition) is 2. The summed E-state index contributed by atoms with van der Waals surface area (Å²) in [5.41, 5.74) is 2.65. The molecule has 2 aliphatic heterocycles. The van der Waals surface area contributed by atoms with E-state index in [1.807, 2.05) is 0 Å². The molecule has 2 fully saturated rings. The van der Waals surface area contributed by atoms with Crippen LogP contribution in [0.3, 0.4) is 0 Å². The maximum absolute atomic E-state index is 5.88. The van der Waals surface area contributed by atoms with Crippen LogP contribution in [0.25, 0.3) is 11.1 Å². The second-order valence-electron chi connectivity index (χ2n) is 7.10. The molecule has 2 saturated heterocycles. The minimum absolute atomic E-state index is 0.0769. The lowest BCUT2D eigenvalue weighted by atomic mass is 10.0. The summed E-state index contributed by atoms with van der Waals surface area (Å²) in [5, 5.41) is 3.05. The van der Waals surface area contributed by atoms with Crippen LogP contribution in [0, 0.1) is 0 Å². The predicted octanol–water partition coefficient (Wildman–Crippen LogP) is 5.17. The van der Waals surface area contributed by atoms with Crippen LogP contribution in [0.5, 0.6) is 11.5 Å². The van der Waals surface area contributed by atoms with Crippen LogP contribution in [0.4, 0.5) is 0 Å². The summed E-state index contributed by atoms with van der Waals surface area (Å²) in [4.78, 5) is 0. The minimum atomic E-state index is -0.0769. The van der Waals surface area contributed by atoms with Crippen LogP contribution in [0.2, 0.25) is 0 Å². The molecule has 0 unspecified atom stereocenters. The first-order valence-corrected chi connectivity index (χ1v) is 13.1. The van der Waals surface area contributed by atoms with Crippen molar-refractivity contribution in [2.24, 2.45) is 0 Å². The predicted molar refractivity (Wildman–Crippen MR) is 116 cm³/mol. The Labute approximate surface area is 159 Å². The van der Waals surface area contributed by atoms with Gasteiger partial charge in [0.2, 0.25) is 0 Å². The summed E-state index contributed by atoms with van der Waals surface area (Å²) >= 11 is 0. The lowest BCUT2D eigenvalue weighted by molar-refractivity contribution is 0.411. The van der Waals surface area contributed by atoms with Crippen molar-refractivity contribution < 1.29 is 9.47 Å². The van der Waals surface area contributed by atoms with E-state index in [1.54, 1.807) is 14.2 Å². The topological polar surface area (TPSA) is 18.5 Å². The van der Waals surface area contributed by atoms with Gasteiger partial charge in [-0.3, -0.25) is 0 Å². The van der Waals surface area contributed by atoms with Crippen LogP contribution in [-0.4, -0.2) is 38.9 Å². The zero-order chi connectivity index (χ0) is 17.9. The van der Waals surface area contributed by atoms with Crippen molar-refractivity contribution in [3.05, 3.63) is 36.4 Å². The quantitative estimate of drug-likeness (QED) is 0.660. The molecule has 0 atom stereocenters. The fraction of sp³-hybridized carbons (Fsp3) is 0.455. The first-order chi connectivity index (χ1) is 12.8. The molecular formula is C22H28O2P2. The van der Waals surface area contributed by atoms with Gasteiger partial charge in [0.05, 0.1) is 14.2 Å². The van der Waals surface area contributed by atoms with E-state index in [1.165, 1.54) is 72.1 Å². The van der Waals surface area contributed by atoms with Gasteiger partial charge in [0, 0.05) is 11.1 Å². The molecule has 0 amide bonds. The Morgan fingerprint density at radius 2 is 1.00 bits per heavy atom. The third kappa shape index (κ3) is 3.39. The first kappa shape index (κ1) is 18.3. The highest BCUT2D eigenvalue weighted by atomic mass is 31.1. The molecule has 2 aromatic carbocycles. The van der Waals surface area contributed by atoms with E-state index < -0.39 is 0 Å². The Morgan fingerprint density at radius 1 is 0.615 bits per heavy atom. The number of benzene rings is 2. The maximum Gasteiger partial charge on any atom is 0.127 e. The fourth-order valence-corrected chi connectivity index (χ4v) is 9.83. The molecule has 2 heterocycles. The second-order valence-corrected chi connectivity index (χ2v) is 12.0. The number of hydrogen-bond donors (Lipinski definition) is 0. The van der Waals surface area contributed by atoms with Gasteiger partial charge < -0.3 is 9.47 Å². The number of rotatable bonds is 5. The zero-order valence-corrected chi connectivity index (χ0v) is 17.6. The Morgan fingerprint density at radius 3 is 1.35 bits per heavy atom. The van der Waals surface area contributed by atoms with Gasteiger partial charge in [0.25, 0.3) is 0 Å². The van der Waals surface area contributed by atoms with Gasteiger partial charge in [-0.05, 0) is 73.1 Å². The van der Waals surface area contributed by atoms with Crippen LogP contribution >= 0.6 is 15.8 Å². The van der Waals surface area contributed by atoms with E-state index >= 15 is 0 Å². The molecule has 0 radical (unpaired) electrons. The zero-order valence-electron chi connectivity index (χ0n) is 15.8. The maximum atomic E-state index is 5.88. The molecule has 0 bridgehead atoms. The summed E-state index contributed by atoms with van der Waals surface area (Å²) in [6, 6.07) is 13.3. The van der Waals surface area contributed by atoms with Crippen molar-refractivity contribution in [1.29, 1.82) is 0 Å². The van der Waals surface area contributed by atoms with E-state index in [9.17, 15) is 0 Å². The molecule has 4 rings (SSSR count). The summed E-state index contributed by atoms with van der Waals surface area (Å²) < 4.78 is 11.8. The molecule has 0 aromatic heterocycles. The van der Waals surface area contributed by atoms with Crippen molar-refractivity contribution >= 4 is 26.5 Å². The van der Waals surface area contributed by atoms with E-state index in [4.69, 9.17) is 9.47 Å². The molecule has 0 aliphatic carbocycles. The highest BCUT2D eigenvalue weighted by Gasteiger charge is 2.28. The summed E-state index contributed by atoms with van der Waals surface area (Å²) in [5.74, 6) is 2.02. The molecular weight excluding hydrogens is 358 g/mol. The molecule has 0 saturated carbocycles. The Kier molecular flexibility index (Phi) is 5.82. The van der Waals surface area contributed by atoms with Gasteiger partial charge in [0.15, 0.2) is 0 Å². The number of ether oxygens (including phenoxy) is 2. The van der Waals surface area contributed by atoms with Gasteiger partial charge in [0.1, 0.15) is 11.5 Å².